The zero-order valence-corrected chi connectivity index (χ0v) is 11.8. The van der Waals surface area contributed by atoms with Gasteiger partial charge in [-0.2, -0.15) is 9.97 Å². The second-order valence-electron chi connectivity index (χ2n) is 4.55. The second-order valence-corrected chi connectivity index (χ2v) is 4.55. The summed E-state index contributed by atoms with van der Waals surface area (Å²) in [5, 5.41) is 3.39. The van der Waals surface area contributed by atoms with E-state index in [0.717, 1.165) is 26.1 Å². The fourth-order valence-corrected chi connectivity index (χ4v) is 2.35. The van der Waals surface area contributed by atoms with Gasteiger partial charge in [0.25, 0.3) is 0 Å². The molecule has 0 aliphatic carbocycles. The Bertz CT molecular complexity index is 391. The molecule has 1 aromatic heterocycles. The second kappa shape index (κ2) is 6.56. The minimum Gasteiger partial charge on any atom is -0.481 e. The zero-order valence-electron chi connectivity index (χ0n) is 11.8. The van der Waals surface area contributed by atoms with Crippen molar-refractivity contribution in [3.05, 3.63) is 6.07 Å². The van der Waals surface area contributed by atoms with Crippen molar-refractivity contribution in [1.29, 1.82) is 0 Å². The van der Waals surface area contributed by atoms with Gasteiger partial charge in [-0.25, -0.2) is 0 Å². The van der Waals surface area contributed by atoms with Gasteiger partial charge in [-0.05, 0) is 19.4 Å². The van der Waals surface area contributed by atoms with Crippen LogP contribution in [0.1, 0.15) is 19.8 Å². The first-order valence-electron chi connectivity index (χ1n) is 6.73. The van der Waals surface area contributed by atoms with E-state index in [1.807, 2.05) is 0 Å². The molecule has 1 unspecified atom stereocenters. The molecular formula is C13H22N4O2. The average molecular weight is 266 g/mol. The molecule has 1 fully saturated rings. The van der Waals surface area contributed by atoms with E-state index in [0.29, 0.717) is 23.8 Å². The van der Waals surface area contributed by atoms with E-state index in [4.69, 9.17) is 9.47 Å². The Kier molecular flexibility index (Phi) is 4.79. The molecule has 2 heterocycles. The van der Waals surface area contributed by atoms with E-state index in [2.05, 4.69) is 27.1 Å². The van der Waals surface area contributed by atoms with Crippen molar-refractivity contribution in [2.75, 3.05) is 38.8 Å². The van der Waals surface area contributed by atoms with Crippen molar-refractivity contribution in [2.45, 2.75) is 25.8 Å². The van der Waals surface area contributed by atoms with Crippen LogP contribution in [0.4, 0.5) is 5.95 Å². The van der Waals surface area contributed by atoms with Gasteiger partial charge in [-0.3, -0.25) is 0 Å². The van der Waals surface area contributed by atoms with Crippen molar-refractivity contribution in [3.63, 3.8) is 0 Å². The Morgan fingerprint density at radius 1 is 1.32 bits per heavy atom. The van der Waals surface area contributed by atoms with Gasteiger partial charge in [0, 0.05) is 19.1 Å². The number of hydrogen-bond acceptors (Lipinski definition) is 6. The molecule has 1 atom stereocenters. The maximum atomic E-state index is 5.20. The minimum atomic E-state index is 0.441. The lowest BCUT2D eigenvalue weighted by molar-refractivity contribution is 0.371. The normalized spacial score (nSPS) is 18.7. The first-order valence-corrected chi connectivity index (χ1v) is 6.73. The molecule has 0 radical (unpaired) electrons. The Labute approximate surface area is 114 Å². The topological polar surface area (TPSA) is 59.5 Å². The van der Waals surface area contributed by atoms with Crippen molar-refractivity contribution < 1.29 is 9.47 Å². The molecule has 0 spiro atoms. The maximum absolute atomic E-state index is 5.20. The van der Waals surface area contributed by atoms with Crippen LogP contribution in [-0.4, -0.2) is 49.9 Å². The molecule has 1 aromatic rings. The van der Waals surface area contributed by atoms with Crippen molar-refractivity contribution in [2.24, 2.45) is 0 Å². The van der Waals surface area contributed by atoms with Gasteiger partial charge >= 0.3 is 0 Å². The number of ether oxygens (including phenoxy) is 2. The predicted octanol–water partition coefficient (Wildman–Crippen LogP) is 1.07. The van der Waals surface area contributed by atoms with E-state index in [-0.39, 0.29) is 0 Å². The number of hydrogen-bond donors (Lipinski definition) is 1. The maximum Gasteiger partial charge on any atom is 0.232 e. The van der Waals surface area contributed by atoms with Gasteiger partial charge in [0.2, 0.25) is 17.7 Å². The number of rotatable bonds is 6. The fraction of sp³-hybridized carbons (Fsp3) is 0.692. The number of likely N-dealkylation sites (N-methyl/N-ethyl adjacent to an activating group) is 1. The summed E-state index contributed by atoms with van der Waals surface area (Å²) < 4.78 is 10.4. The lowest BCUT2D eigenvalue weighted by Crippen LogP contribution is -2.38. The number of nitrogens with one attached hydrogen (secondary N) is 1. The van der Waals surface area contributed by atoms with Gasteiger partial charge in [-0.15, -0.1) is 0 Å². The van der Waals surface area contributed by atoms with Crippen LogP contribution in [0.25, 0.3) is 0 Å². The third-order valence-electron chi connectivity index (χ3n) is 3.35. The average Bonchev–Trinajstić information content (AvgIpc) is 2.92. The summed E-state index contributed by atoms with van der Waals surface area (Å²) in [6, 6.07) is 2.13. The Morgan fingerprint density at radius 3 is 2.58 bits per heavy atom. The van der Waals surface area contributed by atoms with Crippen LogP contribution < -0.4 is 19.7 Å². The lowest BCUT2D eigenvalue weighted by atomic mass is 10.2. The smallest absolute Gasteiger partial charge is 0.232 e. The molecule has 0 aromatic carbocycles. The molecule has 6 heteroatoms. The Hall–Kier alpha value is -1.56. The molecule has 0 bridgehead atoms. The summed E-state index contributed by atoms with van der Waals surface area (Å²) >= 11 is 0. The molecule has 1 saturated heterocycles. The first-order chi connectivity index (χ1) is 9.28. The third-order valence-corrected chi connectivity index (χ3v) is 3.35. The quantitative estimate of drug-likeness (QED) is 0.831. The van der Waals surface area contributed by atoms with Crippen molar-refractivity contribution >= 4 is 5.95 Å². The van der Waals surface area contributed by atoms with Crippen LogP contribution in [0.2, 0.25) is 0 Å². The Balaban J connectivity index is 2.19. The molecule has 0 amide bonds. The highest BCUT2D eigenvalue weighted by Gasteiger charge is 2.27. The van der Waals surface area contributed by atoms with Gasteiger partial charge < -0.3 is 19.7 Å². The monoisotopic (exact) mass is 266 g/mol. The molecular weight excluding hydrogens is 244 g/mol. The zero-order chi connectivity index (χ0) is 13.7. The van der Waals surface area contributed by atoms with Gasteiger partial charge in [0.15, 0.2) is 0 Å². The van der Waals surface area contributed by atoms with Gasteiger partial charge in [-0.1, -0.05) is 6.92 Å². The number of anilines is 1. The van der Waals surface area contributed by atoms with E-state index < -0.39 is 0 Å². The van der Waals surface area contributed by atoms with Crippen LogP contribution in [0.15, 0.2) is 6.07 Å². The molecule has 1 aliphatic rings. The predicted molar refractivity (Wildman–Crippen MR) is 74.0 cm³/mol. The van der Waals surface area contributed by atoms with Crippen molar-refractivity contribution in [3.8, 4) is 11.8 Å². The standard InChI is InChI=1S/C13H22N4O2/c1-4-14-9-10-6-5-7-17(10)13-15-11(18-2)8-12(16-13)19-3/h8,10,14H,4-7,9H2,1-3H3. The largest absolute Gasteiger partial charge is 0.481 e. The summed E-state index contributed by atoms with van der Waals surface area (Å²) in [4.78, 5) is 11.1. The van der Waals surface area contributed by atoms with Crippen LogP contribution in [-0.2, 0) is 0 Å². The highest BCUT2D eigenvalue weighted by Crippen LogP contribution is 2.26. The van der Waals surface area contributed by atoms with E-state index >= 15 is 0 Å². The molecule has 2 rings (SSSR count). The van der Waals surface area contributed by atoms with E-state index in [1.54, 1.807) is 20.3 Å². The van der Waals surface area contributed by atoms with Crippen molar-refractivity contribution in [1.82, 2.24) is 15.3 Å². The van der Waals surface area contributed by atoms with Crippen LogP contribution in [0, 0.1) is 0 Å². The summed E-state index contributed by atoms with van der Waals surface area (Å²) in [5.74, 6) is 1.77. The summed E-state index contributed by atoms with van der Waals surface area (Å²) in [6.45, 7) is 5.03. The van der Waals surface area contributed by atoms with Crippen LogP contribution in [0.3, 0.4) is 0 Å². The lowest BCUT2D eigenvalue weighted by Gasteiger charge is -2.25. The highest BCUT2D eigenvalue weighted by molar-refractivity contribution is 5.39. The van der Waals surface area contributed by atoms with Gasteiger partial charge in [0.05, 0.1) is 20.3 Å². The van der Waals surface area contributed by atoms with Crippen LogP contribution >= 0.6 is 0 Å². The molecule has 0 saturated carbocycles. The van der Waals surface area contributed by atoms with Gasteiger partial charge in [0.1, 0.15) is 0 Å². The van der Waals surface area contributed by atoms with Crippen LogP contribution in [0.5, 0.6) is 11.8 Å². The molecule has 19 heavy (non-hydrogen) atoms. The third kappa shape index (κ3) is 3.26. The number of nitrogens with zero attached hydrogens (tertiary/aromatic N) is 3. The summed E-state index contributed by atoms with van der Waals surface area (Å²) in [7, 11) is 3.21. The Morgan fingerprint density at radius 2 is 2.00 bits per heavy atom. The minimum absolute atomic E-state index is 0.441. The summed E-state index contributed by atoms with van der Waals surface area (Å²) in [6.07, 6.45) is 2.33. The molecule has 1 aliphatic heterocycles. The number of aromatic nitrogens is 2. The van der Waals surface area contributed by atoms with E-state index in [1.165, 1.54) is 6.42 Å². The first kappa shape index (κ1) is 13.9. The molecule has 1 N–H and O–H groups in total. The molecule has 6 nitrogen and oxygen atoms in total. The SMILES string of the molecule is CCNCC1CCCN1c1nc(OC)cc(OC)n1. The number of methoxy groups -OCH3 is 2. The van der Waals surface area contributed by atoms with E-state index in [9.17, 15) is 0 Å². The fourth-order valence-electron chi connectivity index (χ4n) is 2.35. The summed E-state index contributed by atoms with van der Waals surface area (Å²) in [5.41, 5.74) is 0. The highest BCUT2D eigenvalue weighted by atomic mass is 16.5. The molecule has 106 valence electrons.